The van der Waals surface area contributed by atoms with Gasteiger partial charge in [-0.3, -0.25) is 4.68 Å². The Kier molecular flexibility index (Phi) is 3.49. The standard InChI is InChI=1S/C11H9ClFIN2/c1-7-5-16(15-11(7)14)6-8-2-3-9(12)10(13)4-8/h2-5H,6H2,1H3. The van der Waals surface area contributed by atoms with E-state index >= 15 is 0 Å². The first-order valence-electron chi connectivity index (χ1n) is 4.70. The fraction of sp³-hybridized carbons (Fsp3) is 0.182. The fourth-order valence-electron chi connectivity index (χ4n) is 1.40. The minimum Gasteiger partial charge on any atom is -0.267 e. The number of nitrogens with zero attached hydrogens (tertiary/aromatic N) is 2. The molecule has 0 saturated heterocycles. The number of rotatable bonds is 2. The lowest BCUT2D eigenvalue weighted by Crippen LogP contribution is -2.00. The molecule has 0 amide bonds. The summed E-state index contributed by atoms with van der Waals surface area (Å²) >= 11 is 7.79. The van der Waals surface area contributed by atoms with Crippen LogP contribution >= 0.6 is 34.2 Å². The van der Waals surface area contributed by atoms with Crippen molar-refractivity contribution in [2.75, 3.05) is 0 Å². The lowest BCUT2D eigenvalue weighted by Gasteiger charge is -2.02. The van der Waals surface area contributed by atoms with E-state index in [1.54, 1.807) is 16.8 Å². The molecule has 1 aromatic carbocycles. The molecule has 2 nitrogen and oxygen atoms in total. The van der Waals surface area contributed by atoms with Gasteiger partial charge in [-0.25, -0.2) is 4.39 Å². The van der Waals surface area contributed by atoms with Gasteiger partial charge in [0, 0.05) is 11.8 Å². The number of benzene rings is 1. The molecular formula is C11H9ClFIN2. The van der Waals surface area contributed by atoms with E-state index in [1.165, 1.54) is 6.07 Å². The second kappa shape index (κ2) is 4.71. The van der Waals surface area contributed by atoms with Crippen LogP contribution in [-0.2, 0) is 6.54 Å². The Morgan fingerprint density at radius 1 is 1.50 bits per heavy atom. The van der Waals surface area contributed by atoms with E-state index < -0.39 is 5.82 Å². The maximum atomic E-state index is 13.2. The topological polar surface area (TPSA) is 17.8 Å². The Hall–Kier alpha value is -0.620. The van der Waals surface area contributed by atoms with Crippen molar-refractivity contribution in [3.8, 4) is 0 Å². The molecule has 0 radical (unpaired) electrons. The first-order chi connectivity index (χ1) is 7.56. The Balaban J connectivity index is 2.23. The molecule has 84 valence electrons. The summed E-state index contributed by atoms with van der Waals surface area (Å²) in [5.41, 5.74) is 1.97. The summed E-state index contributed by atoms with van der Waals surface area (Å²) in [6, 6.07) is 4.80. The summed E-state index contributed by atoms with van der Waals surface area (Å²) < 4.78 is 16.0. The van der Waals surface area contributed by atoms with Gasteiger partial charge in [-0.15, -0.1) is 0 Å². The van der Waals surface area contributed by atoms with Gasteiger partial charge in [0.15, 0.2) is 0 Å². The highest BCUT2D eigenvalue weighted by atomic mass is 127. The number of hydrogen-bond donors (Lipinski definition) is 0. The Morgan fingerprint density at radius 2 is 2.25 bits per heavy atom. The molecule has 0 unspecified atom stereocenters. The van der Waals surface area contributed by atoms with E-state index in [9.17, 15) is 4.39 Å². The highest BCUT2D eigenvalue weighted by Crippen LogP contribution is 2.16. The molecule has 0 saturated carbocycles. The van der Waals surface area contributed by atoms with E-state index in [1.807, 2.05) is 13.1 Å². The van der Waals surface area contributed by atoms with Gasteiger partial charge in [-0.1, -0.05) is 17.7 Å². The summed E-state index contributed by atoms with van der Waals surface area (Å²) in [4.78, 5) is 0. The summed E-state index contributed by atoms with van der Waals surface area (Å²) in [6.45, 7) is 2.55. The first kappa shape index (κ1) is 11.9. The molecule has 0 fully saturated rings. The second-order valence-electron chi connectivity index (χ2n) is 3.55. The predicted molar refractivity (Wildman–Crippen MR) is 70.2 cm³/mol. The second-order valence-corrected chi connectivity index (χ2v) is 4.98. The summed E-state index contributed by atoms with van der Waals surface area (Å²) in [5.74, 6) is -0.391. The van der Waals surface area contributed by atoms with Gasteiger partial charge in [0.1, 0.15) is 9.52 Å². The fourth-order valence-corrected chi connectivity index (χ4v) is 1.94. The molecule has 0 spiro atoms. The van der Waals surface area contributed by atoms with E-state index in [0.29, 0.717) is 6.54 Å². The van der Waals surface area contributed by atoms with Gasteiger partial charge < -0.3 is 0 Å². The van der Waals surface area contributed by atoms with Crippen molar-refractivity contribution >= 4 is 34.2 Å². The summed E-state index contributed by atoms with van der Waals surface area (Å²) in [7, 11) is 0. The van der Waals surface area contributed by atoms with Crippen LogP contribution in [0.1, 0.15) is 11.1 Å². The molecule has 2 aromatic rings. The van der Waals surface area contributed by atoms with Gasteiger partial charge in [0.05, 0.1) is 11.6 Å². The van der Waals surface area contributed by atoms with E-state index in [2.05, 4.69) is 27.7 Å². The smallest absolute Gasteiger partial charge is 0.142 e. The minimum absolute atomic E-state index is 0.148. The lowest BCUT2D eigenvalue weighted by molar-refractivity contribution is 0.619. The van der Waals surface area contributed by atoms with E-state index in [4.69, 9.17) is 11.6 Å². The lowest BCUT2D eigenvalue weighted by atomic mass is 10.2. The molecule has 0 aliphatic carbocycles. The molecule has 5 heteroatoms. The normalized spacial score (nSPS) is 10.8. The Labute approximate surface area is 112 Å². The third kappa shape index (κ3) is 2.55. The number of aryl methyl sites for hydroxylation is 1. The van der Waals surface area contributed by atoms with Crippen molar-refractivity contribution in [3.05, 3.63) is 50.1 Å². The maximum Gasteiger partial charge on any atom is 0.142 e. The van der Waals surface area contributed by atoms with Crippen LogP contribution in [0.4, 0.5) is 4.39 Å². The average Bonchev–Trinajstić information content (AvgIpc) is 2.52. The van der Waals surface area contributed by atoms with Crippen molar-refractivity contribution in [1.29, 1.82) is 0 Å². The molecule has 2 rings (SSSR count). The third-order valence-electron chi connectivity index (χ3n) is 2.21. The molecular weight excluding hydrogens is 341 g/mol. The monoisotopic (exact) mass is 350 g/mol. The zero-order valence-corrected chi connectivity index (χ0v) is 11.5. The van der Waals surface area contributed by atoms with Gasteiger partial charge in [0.25, 0.3) is 0 Å². The molecule has 0 N–H and O–H groups in total. The summed E-state index contributed by atoms with van der Waals surface area (Å²) in [5, 5.41) is 4.45. The Morgan fingerprint density at radius 3 is 2.81 bits per heavy atom. The highest BCUT2D eigenvalue weighted by Gasteiger charge is 2.04. The number of halogens is 3. The third-order valence-corrected chi connectivity index (χ3v) is 3.59. The molecule has 1 aromatic heterocycles. The largest absolute Gasteiger partial charge is 0.267 e. The van der Waals surface area contributed by atoms with Gasteiger partial charge in [0.2, 0.25) is 0 Å². The van der Waals surface area contributed by atoms with E-state index in [-0.39, 0.29) is 5.02 Å². The SMILES string of the molecule is Cc1cn(Cc2ccc(Cl)c(F)c2)nc1I. The maximum absolute atomic E-state index is 13.2. The van der Waals surface area contributed by atoms with Gasteiger partial charge in [-0.05, 0) is 47.2 Å². The van der Waals surface area contributed by atoms with Crippen LogP contribution in [0.25, 0.3) is 0 Å². The van der Waals surface area contributed by atoms with E-state index in [0.717, 1.165) is 14.8 Å². The van der Waals surface area contributed by atoms with Crippen LogP contribution < -0.4 is 0 Å². The molecule has 1 heterocycles. The van der Waals surface area contributed by atoms with Crippen LogP contribution in [0, 0.1) is 16.4 Å². The van der Waals surface area contributed by atoms with Crippen LogP contribution in [0.15, 0.2) is 24.4 Å². The highest BCUT2D eigenvalue weighted by molar-refractivity contribution is 14.1. The zero-order chi connectivity index (χ0) is 11.7. The van der Waals surface area contributed by atoms with Crippen molar-refractivity contribution in [2.24, 2.45) is 0 Å². The van der Waals surface area contributed by atoms with Crippen molar-refractivity contribution < 1.29 is 4.39 Å². The van der Waals surface area contributed by atoms with Crippen LogP contribution in [-0.4, -0.2) is 9.78 Å². The van der Waals surface area contributed by atoms with Crippen molar-refractivity contribution in [3.63, 3.8) is 0 Å². The predicted octanol–water partition coefficient (Wildman–Crippen LogP) is 3.64. The van der Waals surface area contributed by atoms with Gasteiger partial charge >= 0.3 is 0 Å². The zero-order valence-electron chi connectivity index (χ0n) is 8.54. The Bertz CT molecular complexity index is 505. The number of hydrogen-bond acceptors (Lipinski definition) is 1. The van der Waals surface area contributed by atoms with Crippen molar-refractivity contribution in [2.45, 2.75) is 13.5 Å². The summed E-state index contributed by atoms with van der Waals surface area (Å²) in [6.07, 6.45) is 1.94. The quantitative estimate of drug-likeness (QED) is 0.756. The molecule has 0 aliphatic heterocycles. The average molecular weight is 351 g/mol. The van der Waals surface area contributed by atoms with Crippen molar-refractivity contribution in [1.82, 2.24) is 9.78 Å². The molecule has 0 bridgehead atoms. The number of aromatic nitrogens is 2. The molecule has 0 aliphatic rings. The molecule has 0 atom stereocenters. The van der Waals surface area contributed by atoms with Gasteiger partial charge in [-0.2, -0.15) is 5.10 Å². The minimum atomic E-state index is -0.391. The van der Waals surface area contributed by atoms with Crippen LogP contribution in [0.3, 0.4) is 0 Å². The first-order valence-corrected chi connectivity index (χ1v) is 6.15. The molecule has 16 heavy (non-hydrogen) atoms. The van der Waals surface area contributed by atoms with Crippen LogP contribution in [0.5, 0.6) is 0 Å². The van der Waals surface area contributed by atoms with Crippen LogP contribution in [0.2, 0.25) is 5.02 Å².